The highest BCUT2D eigenvalue weighted by Gasteiger charge is 2.22. The Balaban J connectivity index is 1.94. The molecule has 4 nitrogen and oxygen atoms in total. The van der Waals surface area contributed by atoms with Crippen LogP contribution in [0.1, 0.15) is 44.3 Å². The molecule has 0 aromatic heterocycles. The lowest BCUT2D eigenvalue weighted by atomic mass is 10.0. The molecule has 21 heavy (non-hydrogen) atoms. The van der Waals surface area contributed by atoms with Gasteiger partial charge in [0.1, 0.15) is 0 Å². The van der Waals surface area contributed by atoms with Crippen molar-refractivity contribution in [3.8, 4) is 0 Å². The van der Waals surface area contributed by atoms with Gasteiger partial charge in [0, 0.05) is 30.9 Å². The van der Waals surface area contributed by atoms with Crippen molar-refractivity contribution >= 4 is 5.69 Å². The van der Waals surface area contributed by atoms with Gasteiger partial charge >= 0.3 is 0 Å². The number of ether oxygens (including phenoxy) is 1. The number of para-hydroxylation sites is 1. The van der Waals surface area contributed by atoms with Gasteiger partial charge in [0.15, 0.2) is 0 Å². The number of unbranched alkanes of at least 4 members (excludes halogenated alkanes) is 1. The van der Waals surface area contributed by atoms with Gasteiger partial charge in [-0.2, -0.15) is 0 Å². The molecule has 2 rings (SSSR count). The maximum absolute atomic E-state index is 10.2. The zero-order valence-electron chi connectivity index (χ0n) is 12.9. The van der Waals surface area contributed by atoms with Gasteiger partial charge in [0.2, 0.25) is 0 Å². The number of aliphatic hydroxyl groups is 2. The number of hydrogen-bond acceptors (Lipinski definition) is 4. The molecule has 0 saturated carbocycles. The fraction of sp³-hybridized carbons (Fsp3) is 0.647. The molecule has 118 valence electrons. The van der Waals surface area contributed by atoms with Gasteiger partial charge < -0.3 is 19.8 Å². The average molecular weight is 293 g/mol. The summed E-state index contributed by atoms with van der Waals surface area (Å²) in [7, 11) is 0. The topological polar surface area (TPSA) is 52.9 Å². The van der Waals surface area contributed by atoms with Gasteiger partial charge in [-0.25, -0.2) is 0 Å². The average Bonchev–Trinajstić information content (AvgIpc) is 2.64. The highest BCUT2D eigenvalue weighted by molar-refractivity contribution is 5.55. The summed E-state index contributed by atoms with van der Waals surface area (Å²) < 4.78 is 5.49. The molecule has 0 saturated heterocycles. The van der Waals surface area contributed by atoms with Crippen LogP contribution >= 0.6 is 0 Å². The van der Waals surface area contributed by atoms with E-state index < -0.39 is 12.2 Å². The Kier molecular flexibility index (Phi) is 6.49. The van der Waals surface area contributed by atoms with Crippen molar-refractivity contribution in [3.05, 3.63) is 29.8 Å². The summed E-state index contributed by atoms with van der Waals surface area (Å²) in [5.74, 6) is 0. The Hall–Kier alpha value is -1.10. The lowest BCUT2D eigenvalue weighted by Crippen LogP contribution is -2.35. The van der Waals surface area contributed by atoms with Crippen LogP contribution in [-0.4, -0.2) is 42.6 Å². The molecule has 1 aliphatic heterocycles. The molecular formula is C17H27NO3. The van der Waals surface area contributed by atoms with Gasteiger partial charge in [-0.3, -0.25) is 0 Å². The van der Waals surface area contributed by atoms with Crippen LogP contribution in [-0.2, 0) is 4.74 Å². The van der Waals surface area contributed by atoms with Crippen molar-refractivity contribution in [2.24, 2.45) is 0 Å². The zero-order valence-corrected chi connectivity index (χ0v) is 12.9. The summed E-state index contributed by atoms with van der Waals surface area (Å²) >= 11 is 0. The molecule has 2 unspecified atom stereocenters. The predicted octanol–water partition coefficient (Wildman–Crippen LogP) is 2.50. The normalized spacial score (nSPS) is 20.0. The summed E-state index contributed by atoms with van der Waals surface area (Å²) in [6.07, 6.45) is 2.95. The van der Waals surface area contributed by atoms with E-state index in [-0.39, 0.29) is 0 Å². The second-order valence-electron chi connectivity index (χ2n) is 5.75. The smallest absolute Gasteiger partial charge is 0.0947 e. The molecule has 0 spiro atoms. The fourth-order valence-electron chi connectivity index (χ4n) is 2.77. The van der Waals surface area contributed by atoms with Gasteiger partial charge in [-0.1, -0.05) is 31.5 Å². The molecule has 4 heteroatoms. The zero-order chi connectivity index (χ0) is 15.1. The molecule has 0 amide bonds. The summed E-state index contributed by atoms with van der Waals surface area (Å²) in [6, 6.07) is 7.93. The number of hydrogen-bond donors (Lipinski definition) is 2. The van der Waals surface area contributed by atoms with Crippen molar-refractivity contribution < 1.29 is 14.9 Å². The van der Waals surface area contributed by atoms with Gasteiger partial charge in [-0.15, -0.1) is 0 Å². The molecule has 0 bridgehead atoms. The van der Waals surface area contributed by atoms with E-state index in [0.717, 1.165) is 43.5 Å². The molecular weight excluding hydrogens is 266 g/mol. The number of anilines is 1. The van der Waals surface area contributed by atoms with E-state index in [0.29, 0.717) is 19.8 Å². The first kappa shape index (κ1) is 16.3. The second kappa shape index (κ2) is 8.37. The predicted molar refractivity (Wildman–Crippen MR) is 84.6 cm³/mol. The van der Waals surface area contributed by atoms with Gasteiger partial charge in [0.25, 0.3) is 0 Å². The molecule has 1 heterocycles. The Bertz CT molecular complexity index is 424. The largest absolute Gasteiger partial charge is 0.389 e. The lowest BCUT2D eigenvalue weighted by molar-refractivity contribution is 0.0392. The first-order valence-electron chi connectivity index (χ1n) is 8.00. The molecule has 1 aliphatic rings. The molecule has 0 radical (unpaired) electrons. The Morgan fingerprint density at radius 1 is 1.38 bits per heavy atom. The minimum atomic E-state index is -0.495. The van der Waals surface area contributed by atoms with Gasteiger partial charge in [-0.05, 0) is 25.3 Å². The van der Waals surface area contributed by atoms with Crippen LogP contribution in [0.2, 0.25) is 0 Å². The van der Waals surface area contributed by atoms with Crippen LogP contribution in [0, 0.1) is 0 Å². The summed E-state index contributed by atoms with van der Waals surface area (Å²) in [4.78, 5) is 2.17. The number of fused-ring (bicyclic) bond motifs is 1. The highest BCUT2D eigenvalue weighted by atomic mass is 16.5. The van der Waals surface area contributed by atoms with Crippen LogP contribution in [0.15, 0.2) is 24.3 Å². The van der Waals surface area contributed by atoms with E-state index >= 15 is 0 Å². The first-order chi connectivity index (χ1) is 10.2. The number of β-amino-alcohol motifs (C(OH)–C–C–N with tert-alkyl or cyclic N) is 1. The van der Waals surface area contributed by atoms with E-state index in [4.69, 9.17) is 4.74 Å². The van der Waals surface area contributed by atoms with E-state index in [2.05, 4.69) is 11.8 Å². The third kappa shape index (κ3) is 4.70. The third-order valence-corrected chi connectivity index (χ3v) is 3.93. The summed E-state index contributed by atoms with van der Waals surface area (Å²) in [5.41, 5.74) is 2.00. The Morgan fingerprint density at radius 3 is 3.00 bits per heavy atom. The molecule has 1 aromatic carbocycles. The quantitative estimate of drug-likeness (QED) is 0.758. The van der Waals surface area contributed by atoms with Crippen molar-refractivity contribution in [1.82, 2.24) is 0 Å². The number of nitrogens with zero attached hydrogens (tertiary/aromatic N) is 1. The maximum atomic E-state index is 10.2. The number of rotatable bonds is 7. The van der Waals surface area contributed by atoms with Crippen molar-refractivity contribution in [3.63, 3.8) is 0 Å². The first-order valence-corrected chi connectivity index (χ1v) is 8.00. The Labute approximate surface area is 127 Å². The van der Waals surface area contributed by atoms with Crippen molar-refractivity contribution in [2.45, 2.75) is 44.8 Å². The van der Waals surface area contributed by atoms with E-state index in [1.807, 2.05) is 24.3 Å². The minimum Gasteiger partial charge on any atom is -0.389 e. The van der Waals surface area contributed by atoms with Crippen LogP contribution in [0.3, 0.4) is 0 Å². The minimum absolute atomic E-state index is 0.376. The van der Waals surface area contributed by atoms with E-state index in [1.165, 1.54) is 0 Å². The molecule has 2 N–H and O–H groups in total. The van der Waals surface area contributed by atoms with Crippen molar-refractivity contribution in [2.75, 3.05) is 31.2 Å². The lowest BCUT2D eigenvalue weighted by Gasteiger charge is -2.27. The summed E-state index contributed by atoms with van der Waals surface area (Å²) in [5, 5.41) is 20.3. The number of aliphatic hydroxyl groups excluding tert-OH is 2. The standard InChI is InChI=1S/C17H27NO3/c1-2-3-11-21-13-14(19)12-18-10-6-9-17(20)15-7-4-5-8-16(15)18/h4-5,7-8,14,17,19-20H,2-3,6,9-13H2,1H3. The van der Waals surface area contributed by atoms with Crippen LogP contribution < -0.4 is 4.90 Å². The molecule has 1 aromatic rings. The van der Waals surface area contributed by atoms with Crippen LogP contribution in [0.4, 0.5) is 5.69 Å². The summed E-state index contributed by atoms with van der Waals surface area (Å²) in [6.45, 7) is 4.62. The highest BCUT2D eigenvalue weighted by Crippen LogP contribution is 2.32. The third-order valence-electron chi connectivity index (χ3n) is 3.93. The number of benzene rings is 1. The monoisotopic (exact) mass is 293 g/mol. The second-order valence-corrected chi connectivity index (χ2v) is 5.75. The van der Waals surface area contributed by atoms with Crippen molar-refractivity contribution in [1.29, 1.82) is 0 Å². The van der Waals surface area contributed by atoms with E-state index in [9.17, 15) is 10.2 Å². The van der Waals surface area contributed by atoms with E-state index in [1.54, 1.807) is 0 Å². The molecule has 2 atom stereocenters. The van der Waals surface area contributed by atoms with Crippen LogP contribution in [0.5, 0.6) is 0 Å². The molecule has 0 aliphatic carbocycles. The van der Waals surface area contributed by atoms with Crippen LogP contribution in [0.25, 0.3) is 0 Å². The van der Waals surface area contributed by atoms with Gasteiger partial charge in [0.05, 0.1) is 18.8 Å². The maximum Gasteiger partial charge on any atom is 0.0947 e. The Morgan fingerprint density at radius 2 is 2.19 bits per heavy atom. The SMILES string of the molecule is CCCCOCC(O)CN1CCCC(O)c2ccccc21. The molecule has 0 fully saturated rings. The fourth-order valence-corrected chi connectivity index (χ4v) is 2.77.